The summed E-state index contributed by atoms with van der Waals surface area (Å²) in [4.78, 5) is 11.8. The summed E-state index contributed by atoms with van der Waals surface area (Å²) in [6.45, 7) is 6.64. The van der Waals surface area contributed by atoms with Crippen molar-refractivity contribution in [2.24, 2.45) is 5.92 Å². The monoisotopic (exact) mass is 273 g/mol. The summed E-state index contributed by atoms with van der Waals surface area (Å²) in [7, 11) is 0. The molecule has 0 radical (unpaired) electrons. The molecule has 1 unspecified atom stereocenters. The van der Waals surface area contributed by atoms with Gasteiger partial charge < -0.3 is 10.6 Å². The highest BCUT2D eigenvalue weighted by Crippen LogP contribution is 2.08. The second-order valence-corrected chi connectivity index (χ2v) is 5.48. The summed E-state index contributed by atoms with van der Waals surface area (Å²) in [6.07, 6.45) is 2.12. The summed E-state index contributed by atoms with van der Waals surface area (Å²) < 4.78 is 0. The summed E-state index contributed by atoms with van der Waals surface area (Å²) in [5.41, 5.74) is 1.45. The van der Waals surface area contributed by atoms with E-state index in [1.807, 2.05) is 6.92 Å². The number of nitriles is 1. The Kier molecular flexibility index (Phi) is 6.58. The molecular weight excluding hydrogens is 250 g/mol. The van der Waals surface area contributed by atoms with Gasteiger partial charge in [-0.2, -0.15) is 5.26 Å². The standard InChI is InChI=1S/C16H23N3O/c1-12(2)4-5-13(3)19-16(20)11-18-15-8-6-14(10-17)7-9-15/h6-9,12-13,18H,4-5,11H2,1-3H3,(H,19,20). The fraction of sp³-hybridized carbons (Fsp3) is 0.500. The van der Waals surface area contributed by atoms with Crippen LogP contribution in [0.2, 0.25) is 0 Å². The summed E-state index contributed by atoms with van der Waals surface area (Å²) in [6, 6.07) is 9.32. The van der Waals surface area contributed by atoms with E-state index in [4.69, 9.17) is 5.26 Å². The van der Waals surface area contributed by atoms with Crippen LogP contribution in [0.15, 0.2) is 24.3 Å². The van der Waals surface area contributed by atoms with Crippen LogP contribution >= 0.6 is 0 Å². The van der Waals surface area contributed by atoms with Crippen LogP contribution in [0.5, 0.6) is 0 Å². The Hall–Kier alpha value is -2.02. The Bertz CT molecular complexity index is 460. The number of nitrogens with zero attached hydrogens (tertiary/aromatic N) is 1. The number of nitrogens with one attached hydrogen (secondary N) is 2. The average Bonchev–Trinajstić information content (AvgIpc) is 2.43. The first-order valence-electron chi connectivity index (χ1n) is 7.04. The maximum atomic E-state index is 11.8. The van der Waals surface area contributed by atoms with Crippen molar-refractivity contribution in [3.63, 3.8) is 0 Å². The van der Waals surface area contributed by atoms with Gasteiger partial charge in [0.25, 0.3) is 0 Å². The number of carbonyl (C=O) groups is 1. The SMILES string of the molecule is CC(C)CCC(C)NC(=O)CNc1ccc(C#N)cc1. The Morgan fingerprint density at radius 1 is 1.20 bits per heavy atom. The third kappa shape index (κ3) is 6.24. The molecule has 108 valence electrons. The molecule has 0 aliphatic rings. The zero-order chi connectivity index (χ0) is 15.0. The minimum Gasteiger partial charge on any atom is -0.376 e. The zero-order valence-corrected chi connectivity index (χ0v) is 12.4. The number of carbonyl (C=O) groups excluding carboxylic acids is 1. The number of hydrogen-bond donors (Lipinski definition) is 2. The van der Waals surface area contributed by atoms with Crippen molar-refractivity contribution < 1.29 is 4.79 Å². The molecule has 1 rings (SSSR count). The van der Waals surface area contributed by atoms with E-state index in [0.29, 0.717) is 11.5 Å². The number of hydrogen-bond acceptors (Lipinski definition) is 3. The van der Waals surface area contributed by atoms with Crippen molar-refractivity contribution in [3.8, 4) is 6.07 Å². The predicted octanol–water partition coefficient (Wildman–Crippen LogP) is 2.91. The lowest BCUT2D eigenvalue weighted by Crippen LogP contribution is -2.36. The van der Waals surface area contributed by atoms with Gasteiger partial charge in [-0.25, -0.2) is 0 Å². The topological polar surface area (TPSA) is 64.9 Å². The summed E-state index contributed by atoms with van der Waals surface area (Å²) >= 11 is 0. The molecule has 0 heterocycles. The van der Waals surface area contributed by atoms with Gasteiger partial charge in [-0.3, -0.25) is 4.79 Å². The van der Waals surface area contributed by atoms with E-state index < -0.39 is 0 Å². The van der Waals surface area contributed by atoms with Gasteiger partial charge in [-0.1, -0.05) is 13.8 Å². The molecule has 0 saturated carbocycles. The molecule has 0 aromatic heterocycles. The number of benzene rings is 1. The Morgan fingerprint density at radius 3 is 2.40 bits per heavy atom. The molecule has 2 N–H and O–H groups in total. The Balaban J connectivity index is 2.30. The lowest BCUT2D eigenvalue weighted by molar-refractivity contribution is -0.120. The Morgan fingerprint density at radius 2 is 1.85 bits per heavy atom. The number of amides is 1. The second-order valence-electron chi connectivity index (χ2n) is 5.48. The third-order valence-corrected chi connectivity index (χ3v) is 3.05. The second kappa shape index (κ2) is 8.21. The maximum absolute atomic E-state index is 11.8. The highest BCUT2D eigenvalue weighted by Gasteiger charge is 2.07. The number of anilines is 1. The largest absolute Gasteiger partial charge is 0.376 e. The van der Waals surface area contributed by atoms with Crippen molar-refractivity contribution in [3.05, 3.63) is 29.8 Å². The molecule has 0 aliphatic heterocycles. The van der Waals surface area contributed by atoms with Crippen LogP contribution in [0.25, 0.3) is 0 Å². The van der Waals surface area contributed by atoms with Gasteiger partial charge >= 0.3 is 0 Å². The molecule has 0 saturated heterocycles. The minimum atomic E-state index is -0.00869. The Labute approximate surface area is 121 Å². The molecule has 1 aromatic rings. The molecule has 1 atom stereocenters. The summed E-state index contributed by atoms with van der Waals surface area (Å²) in [5, 5.41) is 14.7. The molecule has 0 aliphatic carbocycles. The fourth-order valence-corrected chi connectivity index (χ4v) is 1.83. The van der Waals surface area contributed by atoms with E-state index in [9.17, 15) is 4.79 Å². The van der Waals surface area contributed by atoms with E-state index in [-0.39, 0.29) is 18.5 Å². The van der Waals surface area contributed by atoms with Crippen LogP contribution in [-0.2, 0) is 4.79 Å². The van der Waals surface area contributed by atoms with Crippen LogP contribution in [-0.4, -0.2) is 18.5 Å². The van der Waals surface area contributed by atoms with Gasteiger partial charge in [-0.05, 0) is 49.9 Å². The molecule has 20 heavy (non-hydrogen) atoms. The van der Waals surface area contributed by atoms with Gasteiger partial charge in [0.2, 0.25) is 5.91 Å². The zero-order valence-electron chi connectivity index (χ0n) is 12.4. The number of rotatable bonds is 7. The van der Waals surface area contributed by atoms with E-state index in [0.717, 1.165) is 18.5 Å². The van der Waals surface area contributed by atoms with Crippen LogP contribution in [0.3, 0.4) is 0 Å². The molecule has 4 heteroatoms. The molecule has 1 aromatic carbocycles. The minimum absolute atomic E-state index is 0.00869. The van der Waals surface area contributed by atoms with Crippen molar-refractivity contribution in [2.75, 3.05) is 11.9 Å². The average molecular weight is 273 g/mol. The fourth-order valence-electron chi connectivity index (χ4n) is 1.83. The van der Waals surface area contributed by atoms with Crippen molar-refractivity contribution >= 4 is 11.6 Å². The first-order valence-corrected chi connectivity index (χ1v) is 7.04. The molecule has 0 spiro atoms. The van der Waals surface area contributed by atoms with Crippen LogP contribution in [0.4, 0.5) is 5.69 Å². The van der Waals surface area contributed by atoms with Crippen LogP contribution in [0, 0.1) is 17.2 Å². The third-order valence-electron chi connectivity index (χ3n) is 3.05. The molecule has 4 nitrogen and oxygen atoms in total. The first-order chi connectivity index (χ1) is 9.51. The lowest BCUT2D eigenvalue weighted by Gasteiger charge is -2.15. The van der Waals surface area contributed by atoms with E-state index in [1.165, 1.54) is 0 Å². The lowest BCUT2D eigenvalue weighted by atomic mass is 10.0. The van der Waals surface area contributed by atoms with Crippen LogP contribution < -0.4 is 10.6 Å². The van der Waals surface area contributed by atoms with Crippen molar-refractivity contribution in [1.29, 1.82) is 5.26 Å². The molecule has 0 fully saturated rings. The van der Waals surface area contributed by atoms with Gasteiger partial charge in [0, 0.05) is 11.7 Å². The van der Waals surface area contributed by atoms with Crippen LogP contribution in [0.1, 0.15) is 39.2 Å². The van der Waals surface area contributed by atoms with Gasteiger partial charge in [0.15, 0.2) is 0 Å². The highest BCUT2D eigenvalue weighted by atomic mass is 16.1. The van der Waals surface area contributed by atoms with Gasteiger partial charge in [0.1, 0.15) is 0 Å². The van der Waals surface area contributed by atoms with Crippen molar-refractivity contribution in [1.82, 2.24) is 5.32 Å². The van der Waals surface area contributed by atoms with E-state index in [1.54, 1.807) is 24.3 Å². The molecular formula is C16H23N3O. The highest BCUT2D eigenvalue weighted by molar-refractivity contribution is 5.80. The predicted molar refractivity (Wildman–Crippen MR) is 81.3 cm³/mol. The maximum Gasteiger partial charge on any atom is 0.239 e. The van der Waals surface area contributed by atoms with E-state index in [2.05, 4.69) is 30.6 Å². The normalized spacial score (nSPS) is 11.8. The quantitative estimate of drug-likeness (QED) is 0.802. The molecule has 0 bridgehead atoms. The summed E-state index contributed by atoms with van der Waals surface area (Å²) in [5.74, 6) is 0.650. The van der Waals surface area contributed by atoms with Gasteiger partial charge in [0.05, 0.1) is 18.2 Å². The van der Waals surface area contributed by atoms with Crippen molar-refractivity contribution in [2.45, 2.75) is 39.7 Å². The van der Waals surface area contributed by atoms with E-state index >= 15 is 0 Å². The molecule has 1 amide bonds. The van der Waals surface area contributed by atoms with Gasteiger partial charge in [-0.15, -0.1) is 0 Å². The smallest absolute Gasteiger partial charge is 0.239 e. The first kappa shape index (κ1) is 16.0.